The third kappa shape index (κ3) is 6.68. The number of aliphatic hydroxyl groups excluding tert-OH is 1. The van der Waals surface area contributed by atoms with E-state index in [0.29, 0.717) is 19.6 Å². The van der Waals surface area contributed by atoms with E-state index in [4.69, 9.17) is 0 Å². The molecule has 5 nitrogen and oxygen atoms in total. The van der Waals surface area contributed by atoms with Crippen LogP contribution in [-0.2, 0) is 6.54 Å². The Morgan fingerprint density at radius 2 is 1.96 bits per heavy atom. The van der Waals surface area contributed by atoms with E-state index >= 15 is 0 Å². The molecule has 0 amide bonds. The average Bonchev–Trinajstić information content (AvgIpc) is 2.49. The predicted octanol–water partition coefficient (Wildman–Crippen LogP) is 1.33. The topological polar surface area (TPSA) is 39.2 Å². The van der Waals surface area contributed by atoms with Gasteiger partial charge < -0.3 is 14.7 Å². The lowest BCUT2D eigenvalue weighted by atomic mass is 10.2. The minimum atomic E-state index is -2.82. The molecule has 1 unspecified atom stereocenters. The lowest BCUT2D eigenvalue weighted by Crippen LogP contribution is -2.48. The van der Waals surface area contributed by atoms with Gasteiger partial charge >= 0.3 is 6.61 Å². The van der Waals surface area contributed by atoms with Crippen molar-refractivity contribution in [2.45, 2.75) is 19.3 Å². The number of nitrogens with zero attached hydrogens (tertiary/aromatic N) is 3. The molecule has 1 fully saturated rings. The number of hydrogen-bond donors (Lipinski definition) is 1. The Kier molecular flexibility index (Phi) is 7.36. The average molecular weight is 343 g/mol. The number of benzene rings is 1. The second-order valence-corrected chi connectivity index (χ2v) is 6.48. The van der Waals surface area contributed by atoms with Crippen LogP contribution in [0, 0.1) is 0 Å². The first-order valence-corrected chi connectivity index (χ1v) is 8.23. The predicted molar refractivity (Wildman–Crippen MR) is 89.4 cm³/mol. The Hall–Kier alpha value is -1.28. The number of halogens is 2. The number of piperazine rings is 1. The number of likely N-dealkylation sites (N-methyl/N-ethyl adjacent to an activating group) is 2. The second kappa shape index (κ2) is 9.27. The van der Waals surface area contributed by atoms with Crippen molar-refractivity contribution in [3.8, 4) is 5.75 Å². The number of hydrogen-bond acceptors (Lipinski definition) is 5. The van der Waals surface area contributed by atoms with Crippen molar-refractivity contribution in [1.29, 1.82) is 0 Å². The fourth-order valence-corrected chi connectivity index (χ4v) is 2.94. The van der Waals surface area contributed by atoms with Crippen molar-refractivity contribution < 1.29 is 18.6 Å². The highest BCUT2D eigenvalue weighted by Gasteiger charge is 2.18. The van der Waals surface area contributed by atoms with Crippen LogP contribution in [-0.4, -0.2) is 85.9 Å². The number of β-amino-alcohol motifs (C(OH)–C–C–N with tert-alkyl or cyclic N) is 1. The fraction of sp³-hybridized carbons (Fsp3) is 0.647. The number of ether oxygens (including phenoxy) is 1. The highest BCUT2D eigenvalue weighted by Crippen LogP contribution is 2.17. The lowest BCUT2D eigenvalue weighted by molar-refractivity contribution is -0.0499. The van der Waals surface area contributed by atoms with Crippen LogP contribution in [0.15, 0.2) is 24.3 Å². The number of aliphatic hydroxyl groups is 1. The molecule has 2 rings (SSSR count). The summed E-state index contributed by atoms with van der Waals surface area (Å²) >= 11 is 0. The van der Waals surface area contributed by atoms with E-state index in [1.54, 1.807) is 12.1 Å². The van der Waals surface area contributed by atoms with E-state index in [9.17, 15) is 13.9 Å². The largest absolute Gasteiger partial charge is 0.435 e. The molecule has 0 spiro atoms. The Morgan fingerprint density at radius 1 is 1.25 bits per heavy atom. The molecule has 1 aromatic carbocycles. The highest BCUT2D eigenvalue weighted by molar-refractivity contribution is 5.28. The van der Waals surface area contributed by atoms with E-state index < -0.39 is 12.7 Å². The van der Waals surface area contributed by atoms with Crippen LogP contribution in [0.2, 0.25) is 0 Å². The summed E-state index contributed by atoms with van der Waals surface area (Å²) in [7, 11) is 4.02. The lowest BCUT2D eigenvalue weighted by Gasteiger charge is -2.34. The zero-order chi connectivity index (χ0) is 17.5. The van der Waals surface area contributed by atoms with Gasteiger partial charge in [0.15, 0.2) is 0 Å². The summed E-state index contributed by atoms with van der Waals surface area (Å²) in [6.45, 7) is 2.95. The van der Waals surface area contributed by atoms with E-state index in [0.717, 1.165) is 31.7 Å². The summed E-state index contributed by atoms with van der Waals surface area (Å²) in [5.74, 6) is 0.161. The molecule has 1 aliphatic rings. The number of rotatable bonds is 8. The zero-order valence-electron chi connectivity index (χ0n) is 14.4. The Morgan fingerprint density at radius 3 is 2.62 bits per heavy atom. The van der Waals surface area contributed by atoms with Crippen molar-refractivity contribution in [2.24, 2.45) is 0 Å². The third-order valence-electron chi connectivity index (χ3n) is 4.16. The van der Waals surface area contributed by atoms with Gasteiger partial charge in [0.25, 0.3) is 0 Å². The van der Waals surface area contributed by atoms with Gasteiger partial charge in [0, 0.05) is 45.8 Å². The van der Waals surface area contributed by atoms with Crippen LogP contribution in [0.5, 0.6) is 5.75 Å². The molecule has 1 saturated heterocycles. The molecule has 1 aliphatic heterocycles. The molecule has 1 heterocycles. The monoisotopic (exact) mass is 343 g/mol. The number of alkyl halides is 2. The Bertz CT molecular complexity index is 496. The van der Waals surface area contributed by atoms with Gasteiger partial charge in [0.1, 0.15) is 5.75 Å². The van der Waals surface area contributed by atoms with Gasteiger partial charge in [-0.25, -0.2) is 0 Å². The van der Waals surface area contributed by atoms with Crippen LogP contribution in [0.3, 0.4) is 0 Å². The van der Waals surface area contributed by atoms with Crippen LogP contribution in [0.25, 0.3) is 0 Å². The SMILES string of the molecule is CN1CCN(CC(O)CN(C)Cc2cccc(OC(F)F)c2)CC1. The molecule has 0 aliphatic carbocycles. The van der Waals surface area contributed by atoms with Crippen molar-refractivity contribution in [2.75, 3.05) is 53.4 Å². The van der Waals surface area contributed by atoms with Gasteiger partial charge in [-0.2, -0.15) is 8.78 Å². The van der Waals surface area contributed by atoms with Crippen molar-refractivity contribution in [3.63, 3.8) is 0 Å². The van der Waals surface area contributed by atoms with Crippen LogP contribution in [0.4, 0.5) is 8.78 Å². The van der Waals surface area contributed by atoms with E-state index in [2.05, 4.69) is 21.6 Å². The molecule has 0 radical (unpaired) electrons. The van der Waals surface area contributed by atoms with E-state index in [-0.39, 0.29) is 5.75 Å². The summed E-state index contributed by atoms with van der Waals surface area (Å²) in [4.78, 5) is 6.54. The molecule has 7 heteroatoms. The second-order valence-electron chi connectivity index (χ2n) is 6.48. The molecule has 1 aromatic rings. The Labute approximate surface area is 142 Å². The van der Waals surface area contributed by atoms with Gasteiger partial charge in [0.05, 0.1) is 6.10 Å². The summed E-state index contributed by atoms with van der Waals surface area (Å²) in [5, 5.41) is 10.3. The van der Waals surface area contributed by atoms with Crippen LogP contribution in [0.1, 0.15) is 5.56 Å². The van der Waals surface area contributed by atoms with Crippen molar-refractivity contribution >= 4 is 0 Å². The molecule has 24 heavy (non-hydrogen) atoms. The zero-order valence-corrected chi connectivity index (χ0v) is 14.4. The molecule has 1 N–H and O–H groups in total. The first kappa shape index (κ1) is 19.1. The molecule has 136 valence electrons. The van der Waals surface area contributed by atoms with E-state index in [1.807, 2.05) is 18.0 Å². The first-order valence-electron chi connectivity index (χ1n) is 8.23. The fourth-order valence-electron chi connectivity index (χ4n) is 2.94. The van der Waals surface area contributed by atoms with Gasteiger partial charge in [0.2, 0.25) is 0 Å². The standard InChI is InChI=1S/C17H27F2N3O2/c1-20-6-8-22(9-7-20)13-15(23)12-21(2)11-14-4-3-5-16(10-14)24-17(18)19/h3-5,10,15,17,23H,6-9,11-13H2,1-2H3. The molecule has 0 bridgehead atoms. The third-order valence-corrected chi connectivity index (χ3v) is 4.16. The minimum Gasteiger partial charge on any atom is -0.435 e. The maximum absolute atomic E-state index is 12.3. The summed E-state index contributed by atoms with van der Waals surface area (Å²) < 4.78 is 28.9. The molecular weight excluding hydrogens is 316 g/mol. The van der Waals surface area contributed by atoms with Crippen LogP contribution < -0.4 is 4.74 Å². The molecular formula is C17H27F2N3O2. The smallest absolute Gasteiger partial charge is 0.387 e. The Balaban J connectivity index is 1.76. The highest BCUT2D eigenvalue weighted by atomic mass is 19.3. The van der Waals surface area contributed by atoms with Crippen molar-refractivity contribution in [1.82, 2.24) is 14.7 Å². The summed E-state index contributed by atoms with van der Waals surface area (Å²) in [5.41, 5.74) is 0.877. The maximum atomic E-state index is 12.3. The molecule has 1 atom stereocenters. The first-order chi connectivity index (χ1) is 11.4. The van der Waals surface area contributed by atoms with Gasteiger partial charge in [-0.3, -0.25) is 9.80 Å². The molecule has 0 saturated carbocycles. The van der Waals surface area contributed by atoms with Gasteiger partial charge in [-0.15, -0.1) is 0 Å². The van der Waals surface area contributed by atoms with Crippen molar-refractivity contribution in [3.05, 3.63) is 29.8 Å². The molecule has 0 aromatic heterocycles. The quantitative estimate of drug-likeness (QED) is 0.771. The van der Waals surface area contributed by atoms with Gasteiger partial charge in [-0.05, 0) is 31.8 Å². The minimum absolute atomic E-state index is 0.161. The van der Waals surface area contributed by atoms with Gasteiger partial charge in [-0.1, -0.05) is 12.1 Å². The maximum Gasteiger partial charge on any atom is 0.387 e. The normalized spacial score (nSPS) is 18.3. The summed E-state index contributed by atoms with van der Waals surface area (Å²) in [6.07, 6.45) is -0.432. The van der Waals surface area contributed by atoms with Crippen LogP contribution >= 0.6 is 0 Å². The van der Waals surface area contributed by atoms with E-state index in [1.165, 1.54) is 6.07 Å². The summed E-state index contributed by atoms with van der Waals surface area (Å²) in [6, 6.07) is 6.68.